The summed E-state index contributed by atoms with van der Waals surface area (Å²) in [5, 5.41) is 3.57. The lowest BCUT2D eigenvalue weighted by Crippen LogP contribution is -2.26. The highest BCUT2D eigenvalue weighted by atomic mass is 16.5. The monoisotopic (exact) mass is 273 g/mol. The summed E-state index contributed by atoms with van der Waals surface area (Å²) in [4.78, 5) is 4.04. The smallest absolute Gasteiger partial charge is 0.0945 e. The number of methoxy groups -OCH3 is 1. The van der Waals surface area contributed by atoms with Gasteiger partial charge in [0.1, 0.15) is 0 Å². The van der Waals surface area contributed by atoms with E-state index in [1.54, 1.807) is 7.11 Å². The van der Waals surface area contributed by atoms with Gasteiger partial charge in [-0.2, -0.15) is 0 Å². The molecule has 2 rings (SSSR count). The zero-order chi connectivity index (χ0) is 14.0. The van der Waals surface area contributed by atoms with Crippen LogP contribution in [0.5, 0.6) is 0 Å². The van der Waals surface area contributed by atoms with Crippen LogP contribution in [0.2, 0.25) is 0 Å². The Kier molecular flexibility index (Phi) is 6.27. The van der Waals surface area contributed by atoms with Gasteiger partial charge in [0.2, 0.25) is 0 Å². The van der Waals surface area contributed by atoms with Gasteiger partial charge in [-0.25, -0.2) is 4.98 Å². The fourth-order valence-corrected chi connectivity index (χ4v) is 2.24. The van der Waals surface area contributed by atoms with Crippen LogP contribution >= 0.6 is 0 Å². The molecular weight excluding hydrogens is 250 g/mol. The summed E-state index contributed by atoms with van der Waals surface area (Å²) in [6.45, 7) is 2.73. The molecule has 0 saturated carbocycles. The van der Waals surface area contributed by atoms with Crippen LogP contribution in [0.25, 0.3) is 0 Å². The van der Waals surface area contributed by atoms with E-state index in [1.165, 1.54) is 5.56 Å². The second-order valence-electron chi connectivity index (χ2n) is 4.88. The lowest BCUT2D eigenvalue weighted by Gasteiger charge is -2.18. The van der Waals surface area contributed by atoms with Crippen molar-refractivity contribution < 1.29 is 4.74 Å². The van der Waals surface area contributed by atoms with Crippen LogP contribution in [-0.2, 0) is 11.3 Å². The van der Waals surface area contributed by atoms with E-state index < -0.39 is 0 Å². The molecule has 0 aliphatic heterocycles. The van der Waals surface area contributed by atoms with E-state index in [0.717, 1.165) is 25.9 Å². The molecule has 20 heavy (non-hydrogen) atoms. The van der Waals surface area contributed by atoms with Gasteiger partial charge < -0.3 is 14.6 Å². The predicted octanol–water partition coefficient (Wildman–Crippen LogP) is 2.64. The van der Waals surface area contributed by atoms with E-state index in [1.807, 2.05) is 24.8 Å². The normalized spacial score (nSPS) is 12.4. The third kappa shape index (κ3) is 4.79. The zero-order valence-corrected chi connectivity index (χ0v) is 12.0. The summed E-state index contributed by atoms with van der Waals surface area (Å²) in [6, 6.07) is 10.7. The third-order valence-corrected chi connectivity index (χ3v) is 3.33. The number of rotatable bonds is 9. The van der Waals surface area contributed by atoms with Gasteiger partial charge in [0, 0.05) is 26.0 Å². The minimum Gasteiger partial charge on any atom is -0.383 e. The zero-order valence-electron chi connectivity index (χ0n) is 12.0. The highest BCUT2D eigenvalue weighted by molar-refractivity contribution is 5.18. The number of unbranched alkanes of at least 4 members (excludes halogenated alkanes) is 1. The van der Waals surface area contributed by atoms with E-state index in [2.05, 4.69) is 39.1 Å². The quantitative estimate of drug-likeness (QED) is 0.714. The number of nitrogens with zero attached hydrogens (tertiary/aromatic N) is 2. The maximum Gasteiger partial charge on any atom is 0.0945 e. The first-order valence-electron chi connectivity index (χ1n) is 7.13. The predicted molar refractivity (Wildman–Crippen MR) is 80.5 cm³/mol. The number of ether oxygens (including phenoxy) is 1. The minimum absolute atomic E-state index is 0.273. The van der Waals surface area contributed by atoms with Crippen molar-refractivity contribution in [3.63, 3.8) is 0 Å². The number of imidazole rings is 1. The Labute approximate surface area is 120 Å². The largest absolute Gasteiger partial charge is 0.383 e. The summed E-state index contributed by atoms with van der Waals surface area (Å²) >= 11 is 0. The molecule has 1 aromatic carbocycles. The summed E-state index contributed by atoms with van der Waals surface area (Å²) in [7, 11) is 1.75. The van der Waals surface area contributed by atoms with Gasteiger partial charge in [-0.1, -0.05) is 30.3 Å². The lowest BCUT2D eigenvalue weighted by atomic mass is 10.1. The fraction of sp³-hybridized carbons (Fsp3) is 0.438. The van der Waals surface area contributed by atoms with E-state index >= 15 is 0 Å². The standard InChI is InChI=1S/C16H23N3O/c1-20-13-16(15-7-3-2-4-8-15)18-9-5-6-11-19-12-10-17-14-19/h2-4,7-8,10,12,14,16,18H,5-6,9,11,13H2,1H3. The van der Waals surface area contributed by atoms with E-state index in [4.69, 9.17) is 4.74 Å². The lowest BCUT2D eigenvalue weighted by molar-refractivity contribution is 0.166. The number of benzene rings is 1. The molecule has 1 N–H and O–H groups in total. The van der Waals surface area contributed by atoms with Gasteiger partial charge in [0.15, 0.2) is 0 Å². The van der Waals surface area contributed by atoms with Crippen molar-refractivity contribution in [1.29, 1.82) is 0 Å². The molecule has 0 aliphatic carbocycles. The second-order valence-corrected chi connectivity index (χ2v) is 4.88. The molecule has 1 unspecified atom stereocenters. The van der Waals surface area contributed by atoms with Crippen LogP contribution in [-0.4, -0.2) is 29.8 Å². The first kappa shape index (κ1) is 14.8. The first-order chi connectivity index (χ1) is 9.90. The Morgan fingerprint density at radius 1 is 1.25 bits per heavy atom. The Morgan fingerprint density at radius 2 is 2.10 bits per heavy atom. The molecule has 0 aliphatic rings. The van der Waals surface area contributed by atoms with Crippen molar-refractivity contribution in [2.45, 2.75) is 25.4 Å². The minimum atomic E-state index is 0.273. The molecule has 0 spiro atoms. The molecule has 1 heterocycles. The Bertz CT molecular complexity index is 456. The number of hydrogen-bond acceptors (Lipinski definition) is 3. The SMILES string of the molecule is COCC(NCCCCn1ccnc1)c1ccccc1. The highest BCUT2D eigenvalue weighted by Gasteiger charge is 2.09. The van der Waals surface area contributed by atoms with Crippen LogP contribution in [0.1, 0.15) is 24.4 Å². The Hall–Kier alpha value is -1.65. The average Bonchev–Trinajstić information content (AvgIpc) is 3.00. The molecule has 0 bridgehead atoms. The maximum atomic E-state index is 5.30. The molecular formula is C16H23N3O. The van der Waals surface area contributed by atoms with Crippen LogP contribution in [0.4, 0.5) is 0 Å². The van der Waals surface area contributed by atoms with Crippen molar-refractivity contribution >= 4 is 0 Å². The summed E-state index contributed by atoms with van der Waals surface area (Å²) in [5.41, 5.74) is 1.28. The molecule has 4 nitrogen and oxygen atoms in total. The first-order valence-corrected chi connectivity index (χ1v) is 7.13. The topological polar surface area (TPSA) is 39.1 Å². The van der Waals surface area contributed by atoms with Crippen LogP contribution in [0.15, 0.2) is 49.1 Å². The van der Waals surface area contributed by atoms with Crippen LogP contribution in [0, 0.1) is 0 Å². The second kappa shape index (κ2) is 8.51. The molecule has 108 valence electrons. The molecule has 1 atom stereocenters. The third-order valence-electron chi connectivity index (χ3n) is 3.33. The number of hydrogen-bond donors (Lipinski definition) is 1. The summed E-state index contributed by atoms with van der Waals surface area (Å²) in [6.07, 6.45) is 7.99. The maximum absolute atomic E-state index is 5.30. The van der Waals surface area contributed by atoms with Crippen molar-refractivity contribution in [2.75, 3.05) is 20.3 Å². The van der Waals surface area contributed by atoms with Crippen LogP contribution < -0.4 is 5.32 Å². The molecule has 0 amide bonds. The van der Waals surface area contributed by atoms with Crippen molar-refractivity contribution in [3.8, 4) is 0 Å². The van der Waals surface area contributed by atoms with Gasteiger partial charge in [0.25, 0.3) is 0 Å². The van der Waals surface area contributed by atoms with Crippen molar-refractivity contribution in [1.82, 2.24) is 14.9 Å². The summed E-state index contributed by atoms with van der Waals surface area (Å²) in [5.74, 6) is 0. The molecule has 4 heteroatoms. The summed E-state index contributed by atoms with van der Waals surface area (Å²) < 4.78 is 7.41. The number of nitrogens with one attached hydrogen (secondary N) is 1. The van der Waals surface area contributed by atoms with Gasteiger partial charge in [-0.3, -0.25) is 0 Å². The number of aromatic nitrogens is 2. The highest BCUT2D eigenvalue weighted by Crippen LogP contribution is 2.12. The van der Waals surface area contributed by atoms with E-state index in [9.17, 15) is 0 Å². The van der Waals surface area contributed by atoms with E-state index in [0.29, 0.717) is 6.61 Å². The molecule has 0 fully saturated rings. The molecule has 1 aromatic heterocycles. The molecule has 0 saturated heterocycles. The van der Waals surface area contributed by atoms with Gasteiger partial charge in [0.05, 0.1) is 19.0 Å². The Morgan fingerprint density at radius 3 is 2.80 bits per heavy atom. The Balaban J connectivity index is 1.70. The fourth-order valence-electron chi connectivity index (χ4n) is 2.24. The number of aryl methyl sites for hydroxylation is 1. The van der Waals surface area contributed by atoms with E-state index in [-0.39, 0.29) is 6.04 Å². The average molecular weight is 273 g/mol. The van der Waals surface area contributed by atoms with Crippen LogP contribution in [0.3, 0.4) is 0 Å². The van der Waals surface area contributed by atoms with Gasteiger partial charge in [-0.15, -0.1) is 0 Å². The molecule has 2 aromatic rings. The molecule has 0 radical (unpaired) electrons. The van der Waals surface area contributed by atoms with Gasteiger partial charge in [-0.05, 0) is 24.9 Å². The van der Waals surface area contributed by atoms with Gasteiger partial charge >= 0.3 is 0 Å². The van der Waals surface area contributed by atoms with Crippen molar-refractivity contribution in [3.05, 3.63) is 54.6 Å². The van der Waals surface area contributed by atoms with Crippen molar-refractivity contribution in [2.24, 2.45) is 0 Å².